The number of hydrogen-bond donors (Lipinski definition) is 1. The average molecular weight is 467 g/mol. The summed E-state index contributed by atoms with van der Waals surface area (Å²) in [6, 6.07) is 13.5. The van der Waals surface area contributed by atoms with Gasteiger partial charge in [0.15, 0.2) is 17.6 Å². The molecule has 0 bridgehead atoms. The first-order chi connectivity index (χ1) is 15.8. The van der Waals surface area contributed by atoms with Gasteiger partial charge in [-0.3, -0.25) is 14.4 Å². The summed E-state index contributed by atoms with van der Waals surface area (Å²) < 4.78 is 1.47. The second-order valence-electron chi connectivity index (χ2n) is 8.04. The number of halogens is 1. The Kier molecular flexibility index (Phi) is 8.11. The Morgan fingerprint density at radius 2 is 1.73 bits per heavy atom. The Bertz CT molecular complexity index is 1160. The molecule has 0 saturated carbocycles. The van der Waals surface area contributed by atoms with Crippen LogP contribution in [0, 0.1) is 6.92 Å². The number of rotatable bonds is 5. The lowest BCUT2D eigenvalue weighted by atomic mass is 10.0. The highest BCUT2D eigenvalue weighted by atomic mass is 35.5. The van der Waals surface area contributed by atoms with Crippen LogP contribution in [0.4, 0.5) is 5.69 Å². The largest absolute Gasteiger partial charge is 0.322 e. The lowest BCUT2D eigenvalue weighted by molar-refractivity contribution is -0.129. The van der Waals surface area contributed by atoms with Gasteiger partial charge in [0, 0.05) is 5.56 Å². The summed E-state index contributed by atoms with van der Waals surface area (Å²) in [7, 11) is 0. The number of carbonyl (C=O) groups excluding carboxylic acids is 3. The highest BCUT2D eigenvalue weighted by Crippen LogP contribution is 2.26. The van der Waals surface area contributed by atoms with Crippen molar-refractivity contribution in [3.05, 3.63) is 76.1 Å². The van der Waals surface area contributed by atoms with E-state index in [1.807, 2.05) is 43.3 Å². The average Bonchev–Trinajstić information content (AvgIpc) is 3.21. The summed E-state index contributed by atoms with van der Waals surface area (Å²) >= 11 is 6.13. The number of aromatic nitrogens is 3. The van der Waals surface area contributed by atoms with E-state index in [1.54, 1.807) is 19.1 Å². The standard InChI is InChI=1S/C17H19ClN4O2.C8H8O/c1-10-7-8-12(18)14(9-10)19-17(24)16(11(2)23)22-15-6-4-3-5-13(15)20-21-22;1-7(9)8-5-3-2-4-6-8/h7-9,16H,3-6H2,1-2H3,(H,19,24);2-6H,1H3. The number of nitrogens with one attached hydrogen (secondary N) is 1. The van der Waals surface area contributed by atoms with Gasteiger partial charge < -0.3 is 5.32 Å². The number of hydrogen-bond acceptors (Lipinski definition) is 5. The molecule has 1 aliphatic rings. The van der Waals surface area contributed by atoms with E-state index in [2.05, 4.69) is 15.6 Å². The number of amides is 1. The number of ketones is 2. The van der Waals surface area contributed by atoms with Crippen LogP contribution >= 0.6 is 11.6 Å². The second kappa shape index (κ2) is 11.0. The fourth-order valence-corrected chi connectivity index (χ4v) is 3.83. The fourth-order valence-electron chi connectivity index (χ4n) is 3.67. The van der Waals surface area contributed by atoms with E-state index in [-0.39, 0.29) is 11.6 Å². The minimum atomic E-state index is -1.03. The molecule has 0 aliphatic heterocycles. The third kappa shape index (κ3) is 6.14. The van der Waals surface area contributed by atoms with Gasteiger partial charge in [0.25, 0.3) is 5.91 Å². The quantitative estimate of drug-likeness (QED) is 0.431. The zero-order valence-corrected chi connectivity index (χ0v) is 19.7. The first-order valence-corrected chi connectivity index (χ1v) is 11.2. The van der Waals surface area contributed by atoms with Crippen molar-refractivity contribution < 1.29 is 14.4 Å². The monoisotopic (exact) mass is 466 g/mol. The molecule has 0 saturated heterocycles. The Balaban J connectivity index is 0.000000286. The van der Waals surface area contributed by atoms with Crippen molar-refractivity contribution in [3.8, 4) is 0 Å². The van der Waals surface area contributed by atoms with Crippen LogP contribution in [0.1, 0.15) is 60.0 Å². The SMILES string of the molecule is CC(=O)C(C(=O)Nc1cc(C)ccc1Cl)n1nnc2c1CCCC2.CC(=O)c1ccccc1. The predicted molar refractivity (Wildman–Crippen MR) is 128 cm³/mol. The molecule has 0 radical (unpaired) electrons. The molecule has 0 spiro atoms. The van der Waals surface area contributed by atoms with Crippen molar-refractivity contribution in [2.45, 2.75) is 52.5 Å². The topological polar surface area (TPSA) is 93.9 Å². The lowest BCUT2D eigenvalue weighted by Crippen LogP contribution is -2.33. The van der Waals surface area contributed by atoms with Crippen LogP contribution in [-0.2, 0) is 22.4 Å². The second-order valence-corrected chi connectivity index (χ2v) is 8.45. The Labute approximate surface area is 198 Å². The maximum Gasteiger partial charge on any atom is 0.257 e. The molecule has 3 aromatic rings. The maximum atomic E-state index is 12.7. The number of anilines is 1. The summed E-state index contributed by atoms with van der Waals surface area (Å²) in [6.07, 6.45) is 3.69. The minimum absolute atomic E-state index is 0.121. The van der Waals surface area contributed by atoms with Crippen molar-refractivity contribution in [1.29, 1.82) is 0 Å². The van der Waals surface area contributed by atoms with Gasteiger partial charge in [-0.05, 0) is 64.2 Å². The molecule has 0 fully saturated rings. The van der Waals surface area contributed by atoms with Crippen LogP contribution in [0.5, 0.6) is 0 Å². The van der Waals surface area contributed by atoms with Gasteiger partial charge in [0.2, 0.25) is 0 Å². The zero-order valence-electron chi connectivity index (χ0n) is 19.0. The molecule has 1 aliphatic carbocycles. The van der Waals surface area contributed by atoms with E-state index in [0.29, 0.717) is 10.7 Å². The molecule has 1 heterocycles. The number of benzene rings is 2. The zero-order chi connectivity index (χ0) is 24.0. The van der Waals surface area contributed by atoms with Crippen molar-refractivity contribution in [1.82, 2.24) is 15.0 Å². The van der Waals surface area contributed by atoms with Gasteiger partial charge in [0.1, 0.15) is 0 Å². The summed E-state index contributed by atoms with van der Waals surface area (Å²) in [6.45, 7) is 4.86. The molecule has 1 amide bonds. The van der Waals surface area contributed by atoms with Gasteiger partial charge in [-0.25, -0.2) is 4.68 Å². The molecule has 1 unspecified atom stereocenters. The van der Waals surface area contributed by atoms with E-state index < -0.39 is 11.9 Å². The van der Waals surface area contributed by atoms with Crippen molar-refractivity contribution in [2.75, 3.05) is 5.32 Å². The molecule has 1 aromatic heterocycles. The number of Topliss-reactive ketones (excluding diaryl/α,β-unsaturated/α-hetero) is 2. The Morgan fingerprint density at radius 1 is 1.03 bits per heavy atom. The number of carbonyl (C=O) groups is 3. The third-order valence-corrected chi connectivity index (χ3v) is 5.72. The molecule has 1 N–H and O–H groups in total. The number of aryl methyl sites for hydroxylation is 2. The molecule has 33 heavy (non-hydrogen) atoms. The van der Waals surface area contributed by atoms with Crippen LogP contribution in [-0.4, -0.2) is 32.5 Å². The van der Waals surface area contributed by atoms with Crippen molar-refractivity contribution in [2.24, 2.45) is 0 Å². The Hall–Kier alpha value is -3.32. The van der Waals surface area contributed by atoms with E-state index >= 15 is 0 Å². The summed E-state index contributed by atoms with van der Waals surface area (Å²) in [4.78, 5) is 35.5. The van der Waals surface area contributed by atoms with E-state index in [4.69, 9.17) is 11.6 Å². The van der Waals surface area contributed by atoms with E-state index in [0.717, 1.165) is 48.2 Å². The number of fused-ring (bicyclic) bond motifs is 1. The van der Waals surface area contributed by atoms with Crippen LogP contribution in [0.15, 0.2) is 48.5 Å². The molecule has 2 aromatic carbocycles. The van der Waals surface area contributed by atoms with E-state index in [9.17, 15) is 14.4 Å². The third-order valence-electron chi connectivity index (χ3n) is 5.39. The summed E-state index contributed by atoms with van der Waals surface area (Å²) in [5.74, 6) is -0.613. The molecular weight excluding hydrogens is 440 g/mol. The first kappa shape index (κ1) is 24.3. The molecule has 1 atom stereocenters. The number of nitrogens with zero attached hydrogens (tertiary/aromatic N) is 3. The van der Waals surface area contributed by atoms with Gasteiger partial charge in [0.05, 0.1) is 22.1 Å². The Morgan fingerprint density at radius 3 is 2.36 bits per heavy atom. The van der Waals surface area contributed by atoms with Crippen LogP contribution in [0.25, 0.3) is 0 Å². The molecule has 172 valence electrons. The van der Waals surface area contributed by atoms with Crippen LogP contribution in [0.2, 0.25) is 5.02 Å². The van der Waals surface area contributed by atoms with Gasteiger partial charge in [-0.2, -0.15) is 0 Å². The van der Waals surface area contributed by atoms with E-state index in [1.165, 1.54) is 11.6 Å². The molecule has 7 nitrogen and oxygen atoms in total. The van der Waals surface area contributed by atoms with Gasteiger partial charge >= 0.3 is 0 Å². The summed E-state index contributed by atoms with van der Waals surface area (Å²) in [5.41, 5.74) is 3.99. The van der Waals surface area contributed by atoms with Crippen molar-refractivity contribution >= 4 is 34.8 Å². The molecule has 4 rings (SSSR count). The maximum absolute atomic E-state index is 12.7. The smallest absolute Gasteiger partial charge is 0.257 e. The summed E-state index contributed by atoms with van der Waals surface area (Å²) in [5, 5.41) is 11.4. The fraction of sp³-hybridized carbons (Fsp3) is 0.320. The minimum Gasteiger partial charge on any atom is -0.322 e. The van der Waals surface area contributed by atoms with Crippen molar-refractivity contribution in [3.63, 3.8) is 0 Å². The van der Waals surface area contributed by atoms with Crippen LogP contribution in [0.3, 0.4) is 0 Å². The van der Waals surface area contributed by atoms with Gasteiger partial charge in [-0.1, -0.05) is 53.2 Å². The van der Waals surface area contributed by atoms with Crippen LogP contribution < -0.4 is 5.32 Å². The van der Waals surface area contributed by atoms with Gasteiger partial charge in [-0.15, -0.1) is 5.10 Å². The molecule has 8 heteroatoms. The lowest BCUT2D eigenvalue weighted by Gasteiger charge is -2.19. The highest BCUT2D eigenvalue weighted by Gasteiger charge is 2.31. The normalized spacial score (nSPS) is 13.2. The highest BCUT2D eigenvalue weighted by molar-refractivity contribution is 6.33. The first-order valence-electron chi connectivity index (χ1n) is 10.8. The predicted octanol–water partition coefficient (Wildman–Crippen LogP) is 4.78. The molecular formula is C25H27ClN4O3.